The molecule has 1 aliphatic heterocycles. The zero-order valence-electron chi connectivity index (χ0n) is 10.8. The normalized spacial score (nSPS) is 16.4. The van der Waals surface area contributed by atoms with Crippen LogP contribution in [-0.2, 0) is 6.42 Å². The molecule has 18 heavy (non-hydrogen) atoms. The Balaban J connectivity index is 1.91. The second kappa shape index (κ2) is 4.94. The van der Waals surface area contributed by atoms with Crippen molar-refractivity contribution in [3.63, 3.8) is 0 Å². The van der Waals surface area contributed by atoms with Crippen LogP contribution < -0.4 is 10.2 Å². The predicted molar refractivity (Wildman–Crippen MR) is 72.1 cm³/mol. The maximum absolute atomic E-state index is 4.26. The van der Waals surface area contributed by atoms with Gasteiger partial charge in [-0.3, -0.25) is 4.40 Å². The first-order valence-corrected chi connectivity index (χ1v) is 6.68. The summed E-state index contributed by atoms with van der Waals surface area (Å²) >= 11 is 0. The van der Waals surface area contributed by atoms with Gasteiger partial charge in [0.05, 0.1) is 0 Å². The summed E-state index contributed by atoms with van der Waals surface area (Å²) in [7, 11) is 0. The van der Waals surface area contributed by atoms with Crippen LogP contribution in [0.1, 0.15) is 19.2 Å². The number of nitrogens with one attached hydrogen (secondary N) is 1. The van der Waals surface area contributed by atoms with Gasteiger partial charge in [-0.1, -0.05) is 6.92 Å². The molecule has 0 spiro atoms. The van der Waals surface area contributed by atoms with Crippen LogP contribution in [0.5, 0.6) is 0 Å². The van der Waals surface area contributed by atoms with E-state index in [4.69, 9.17) is 0 Å². The molecule has 2 aromatic heterocycles. The molecule has 96 valence electrons. The van der Waals surface area contributed by atoms with Gasteiger partial charge in [0.2, 0.25) is 0 Å². The van der Waals surface area contributed by atoms with E-state index in [1.807, 2.05) is 0 Å². The Labute approximate surface area is 107 Å². The van der Waals surface area contributed by atoms with Crippen molar-refractivity contribution in [2.75, 3.05) is 31.1 Å². The number of hydrogen-bond acceptors (Lipinski definition) is 4. The molecule has 1 saturated heterocycles. The Hall–Kier alpha value is -1.62. The molecular formula is C13H19N5. The average Bonchev–Trinajstić information content (AvgIpc) is 2.83. The summed E-state index contributed by atoms with van der Waals surface area (Å²) in [5.74, 6) is 1.05. The van der Waals surface area contributed by atoms with Crippen LogP contribution in [0.4, 0.5) is 5.69 Å². The van der Waals surface area contributed by atoms with Gasteiger partial charge in [-0.25, -0.2) is 0 Å². The minimum atomic E-state index is 0.953. The summed E-state index contributed by atoms with van der Waals surface area (Å²) < 4.78 is 2.09. The monoisotopic (exact) mass is 245 g/mol. The zero-order valence-corrected chi connectivity index (χ0v) is 10.8. The highest BCUT2D eigenvalue weighted by Crippen LogP contribution is 2.17. The summed E-state index contributed by atoms with van der Waals surface area (Å²) in [6, 6.07) is 4.30. The van der Waals surface area contributed by atoms with Crippen LogP contribution in [0.3, 0.4) is 0 Å². The summed E-state index contributed by atoms with van der Waals surface area (Å²) in [5.41, 5.74) is 2.20. The van der Waals surface area contributed by atoms with Gasteiger partial charge in [0.25, 0.3) is 0 Å². The highest BCUT2D eigenvalue weighted by atomic mass is 15.3. The third-order valence-corrected chi connectivity index (χ3v) is 3.42. The number of anilines is 1. The minimum Gasteiger partial charge on any atom is -0.369 e. The van der Waals surface area contributed by atoms with E-state index < -0.39 is 0 Å². The smallest absolute Gasteiger partial charge is 0.162 e. The molecule has 5 nitrogen and oxygen atoms in total. The number of piperazine rings is 1. The molecule has 0 amide bonds. The van der Waals surface area contributed by atoms with Crippen molar-refractivity contribution < 1.29 is 0 Å². The van der Waals surface area contributed by atoms with Crippen LogP contribution in [-0.4, -0.2) is 40.8 Å². The molecule has 0 saturated carbocycles. The molecule has 0 bridgehead atoms. The van der Waals surface area contributed by atoms with Crippen molar-refractivity contribution in [2.45, 2.75) is 19.8 Å². The molecule has 1 aliphatic rings. The van der Waals surface area contributed by atoms with E-state index in [1.54, 1.807) is 0 Å². The lowest BCUT2D eigenvalue weighted by atomic mass is 10.3. The molecular weight excluding hydrogens is 226 g/mol. The Bertz CT molecular complexity index is 527. The van der Waals surface area contributed by atoms with E-state index >= 15 is 0 Å². The average molecular weight is 245 g/mol. The van der Waals surface area contributed by atoms with Crippen molar-refractivity contribution in [1.82, 2.24) is 19.9 Å². The molecule has 1 fully saturated rings. The first kappa shape index (κ1) is 11.5. The molecule has 0 unspecified atom stereocenters. The standard InChI is InChI=1S/C13H19N5/c1-2-3-12-15-16-13-10-11(4-7-18(12)13)17-8-5-14-6-9-17/h4,7,10,14H,2-3,5-6,8-9H2,1H3. The second-order valence-electron chi connectivity index (χ2n) is 4.72. The van der Waals surface area contributed by atoms with Gasteiger partial charge in [0, 0.05) is 50.6 Å². The fraction of sp³-hybridized carbons (Fsp3) is 0.538. The Morgan fingerprint density at radius 2 is 2.11 bits per heavy atom. The molecule has 3 heterocycles. The summed E-state index contributed by atoms with van der Waals surface area (Å²) in [6.07, 6.45) is 4.17. The highest BCUT2D eigenvalue weighted by Gasteiger charge is 2.12. The van der Waals surface area contributed by atoms with Crippen LogP contribution >= 0.6 is 0 Å². The zero-order chi connectivity index (χ0) is 12.4. The summed E-state index contributed by atoms with van der Waals surface area (Å²) in [6.45, 7) is 6.40. The SMILES string of the molecule is CCCc1nnc2cc(N3CCNCC3)ccn12. The Morgan fingerprint density at radius 1 is 1.28 bits per heavy atom. The topological polar surface area (TPSA) is 45.5 Å². The van der Waals surface area contributed by atoms with Gasteiger partial charge in [0.1, 0.15) is 5.82 Å². The van der Waals surface area contributed by atoms with E-state index in [1.165, 1.54) is 5.69 Å². The molecule has 5 heteroatoms. The molecule has 0 aliphatic carbocycles. The van der Waals surface area contributed by atoms with E-state index in [9.17, 15) is 0 Å². The van der Waals surface area contributed by atoms with Crippen molar-refractivity contribution >= 4 is 11.3 Å². The van der Waals surface area contributed by atoms with E-state index in [-0.39, 0.29) is 0 Å². The van der Waals surface area contributed by atoms with Gasteiger partial charge < -0.3 is 10.2 Å². The van der Waals surface area contributed by atoms with Crippen LogP contribution in [0.25, 0.3) is 5.65 Å². The second-order valence-corrected chi connectivity index (χ2v) is 4.72. The van der Waals surface area contributed by atoms with Gasteiger partial charge in [-0.2, -0.15) is 0 Å². The first-order chi connectivity index (χ1) is 8.88. The minimum absolute atomic E-state index is 0.953. The lowest BCUT2D eigenvalue weighted by Gasteiger charge is -2.29. The lowest BCUT2D eigenvalue weighted by Crippen LogP contribution is -2.43. The fourth-order valence-corrected chi connectivity index (χ4v) is 2.44. The van der Waals surface area contributed by atoms with Crippen molar-refractivity contribution in [3.05, 3.63) is 24.2 Å². The predicted octanol–water partition coefficient (Wildman–Crippen LogP) is 1.09. The van der Waals surface area contributed by atoms with Crippen LogP contribution in [0, 0.1) is 0 Å². The molecule has 3 rings (SSSR count). The van der Waals surface area contributed by atoms with Crippen LogP contribution in [0.15, 0.2) is 18.3 Å². The maximum atomic E-state index is 4.26. The highest BCUT2D eigenvalue weighted by molar-refractivity contribution is 5.56. The number of aromatic nitrogens is 3. The summed E-state index contributed by atoms with van der Waals surface area (Å²) in [5, 5.41) is 11.9. The number of aryl methyl sites for hydroxylation is 1. The molecule has 2 aromatic rings. The number of pyridine rings is 1. The van der Waals surface area contributed by atoms with Crippen LogP contribution in [0.2, 0.25) is 0 Å². The quantitative estimate of drug-likeness (QED) is 0.879. The van der Waals surface area contributed by atoms with E-state index in [0.717, 1.165) is 50.5 Å². The Kier molecular flexibility index (Phi) is 3.15. The first-order valence-electron chi connectivity index (χ1n) is 6.68. The number of nitrogens with zero attached hydrogens (tertiary/aromatic N) is 4. The number of rotatable bonds is 3. The van der Waals surface area contributed by atoms with Crippen molar-refractivity contribution in [3.8, 4) is 0 Å². The molecule has 0 atom stereocenters. The number of hydrogen-bond donors (Lipinski definition) is 1. The fourth-order valence-electron chi connectivity index (χ4n) is 2.44. The van der Waals surface area contributed by atoms with Crippen molar-refractivity contribution in [2.24, 2.45) is 0 Å². The third kappa shape index (κ3) is 2.06. The van der Waals surface area contributed by atoms with E-state index in [0.29, 0.717) is 0 Å². The largest absolute Gasteiger partial charge is 0.369 e. The van der Waals surface area contributed by atoms with Gasteiger partial charge >= 0.3 is 0 Å². The maximum Gasteiger partial charge on any atom is 0.162 e. The molecule has 0 aromatic carbocycles. The van der Waals surface area contributed by atoms with Gasteiger partial charge in [-0.15, -0.1) is 10.2 Å². The molecule has 0 radical (unpaired) electrons. The Morgan fingerprint density at radius 3 is 2.89 bits per heavy atom. The number of fused-ring (bicyclic) bond motifs is 1. The summed E-state index contributed by atoms with van der Waals surface area (Å²) in [4.78, 5) is 2.39. The van der Waals surface area contributed by atoms with Gasteiger partial charge in [0.15, 0.2) is 5.65 Å². The molecule has 1 N–H and O–H groups in total. The van der Waals surface area contributed by atoms with Gasteiger partial charge in [-0.05, 0) is 12.5 Å². The van der Waals surface area contributed by atoms with Crippen molar-refractivity contribution in [1.29, 1.82) is 0 Å². The van der Waals surface area contributed by atoms with E-state index in [2.05, 4.69) is 50.1 Å². The lowest BCUT2D eigenvalue weighted by molar-refractivity contribution is 0.589. The third-order valence-electron chi connectivity index (χ3n) is 3.42.